The van der Waals surface area contributed by atoms with Crippen LogP contribution in [-0.4, -0.2) is 5.78 Å². The molecular weight excluding hydrogens is 304 g/mol. The maximum absolute atomic E-state index is 13.1. The first-order valence-corrected chi connectivity index (χ1v) is 9.63. The van der Waals surface area contributed by atoms with Gasteiger partial charge in [-0.2, -0.15) is 0 Å². The van der Waals surface area contributed by atoms with E-state index in [9.17, 15) is 4.79 Å². The first-order valence-electron chi connectivity index (χ1n) is 9.63. The number of benzene rings is 1. The van der Waals surface area contributed by atoms with Gasteiger partial charge in [-0.25, -0.2) is 0 Å². The molecule has 1 heteroatoms. The van der Waals surface area contributed by atoms with Gasteiger partial charge in [-0.15, -0.1) is 6.58 Å². The van der Waals surface area contributed by atoms with E-state index in [1.807, 2.05) is 6.08 Å². The minimum absolute atomic E-state index is 0.117. The van der Waals surface area contributed by atoms with Crippen LogP contribution >= 0.6 is 0 Å². The van der Waals surface area contributed by atoms with Gasteiger partial charge in [0, 0.05) is 11.0 Å². The van der Waals surface area contributed by atoms with Crippen molar-refractivity contribution in [2.45, 2.75) is 54.4 Å². The number of carbonyl (C=O) groups excluding carboxylic acids is 1. The maximum atomic E-state index is 13.1. The average molecular weight is 337 g/mol. The van der Waals surface area contributed by atoms with Crippen LogP contribution in [0.4, 0.5) is 0 Å². The molecule has 3 saturated carbocycles. The second-order valence-electron chi connectivity index (χ2n) is 8.92. The Morgan fingerprint density at radius 3 is 2.24 bits per heavy atom. The highest BCUT2D eigenvalue weighted by Crippen LogP contribution is 2.93. The van der Waals surface area contributed by atoms with Crippen LogP contribution in [0.1, 0.15) is 58.6 Å². The van der Waals surface area contributed by atoms with E-state index in [0.717, 1.165) is 12.0 Å². The molecule has 3 aliphatic carbocycles. The summed E-state index contributed by atoms with van der Waals surface area (Å²) in [5.41, 5.74) is 3.85. The zero-order valence-corrected chi connectivity index (χ0v) is 16.6. The smallest absolute Gasteiger partial charge is 0.166 e. The third-order valence-corrected chi connectivity index (χ3v) is 7.68. The van der Waals surface area contributed by atoms with Gasteiger partial charge in [0.05, 0.1) is 0 Å². The SMILES string of the molecule is C=CCC.Cc1ccc(/C=C2\C(=O)C3(C)C(C)(C)C34CC(C)C24)cc1. The number of ketones is 1. The molecule has 4 atom stereocenters. The topological polar surface area (TPSA) is 17.1 Å². The quantitative estimate of drug-likeness (QED) is 0.462. The Bertz CT molecular complexity index is 736. The Labute approximate surface area is 153 Å². The molecule has 1 aromatic rings. The molecule has 0 bridgehead atoms. The van der Waals surface area contributed by atoms with Crippen molar-refractivity contribution in [3.63, 3.8) is 0 Å². The van der Waals surface area contributed by atoms with Crippen LogP contribution in [0.2, 0.25) is 0 Å². The van der Waals surface area contributed by atoms with Gasteiger partial charge in [0.2, 0.25) is 0 Å². The van der Waals surface area contributed by atoms with Gasteiger partial charge in [0.1, 0.15) is 0 Å². The molecule has 1 spiro atoms. The van der Waals surface area contributed by atoms with Crippen molar-refractivity contribution in [3.8, 4) is 0 Å². The van der Waals surface area contributed by atoms with Crippen molar-refractivity contribution >= 4 is 11.9 Å². The molecule has 0 aromatic heterocycles. The van der Waals surface area contributed by atoms with E-state index in [2.05, 4.69) is 78.5 Å². The lowest BCUT2D eigenvalue weighted by atomic mass is 9.58. The molecule has 0 saturated heterocycles. The Balaban J connectivity index is 0.000000415. The Kier molecular flexibility index (Phi) is 4.14. The van der Waals surface area contributed by atoms with Crippen LogP contribution in [0, 0.1) is 35.0 Å². The standard InChI is InChI=1S/C20H24O.C4H8/c1-12-6-8-14(9-7-12)10-15-16-13(2)11-20(16)18(3,4)19(20,5)17(15)21;1-3-4-2/h6-10,13,16H,11H2,1-5H3;3H,1,4H2,2H3/b15-10-;. The van der Waals surface area contributed by atoms with Crippen molar-refractivity contribution in [2.75, 3.05) is 0 Å². The van der Waals surface area contributed by atoms with Crippen LogP contribution < -0.4 is 0 Å². The van der Waals surface area contributed by atoms with E-state index in [4.69, 9.17) is 0 Å². The second-order valence-corrected chi connectivity index (χ2v) is 8.92. The number of Topliss-reactive ketones (excluding diaryl/α,β-unsaturated/α-hetero) is 1. The molecule has 0 N–H and O–H groups in total. The molecule has 134 valence electrons. The summed E-state index contributed by atoms with van der Waals surface area (Å²) in [6, 6.07) is 8.50. The van der Waals surface area contributed by atoms with Gasteiger partial charge in [0.25, 0.3) is 0 Å². The molecule has 3 aliphatic rings. The molecule has 1 nitrogen and oxygen atoms in total. The monoisotopic (exact) mass is 336 g/mol. The minimum Gasteiger partial charge on any atom is -0.294 e. The lowest BCUT2D eigenvalue weighted by Crippen LogP contribution is -2.39. The van der Waals surface area contributed by atoms with E-state index in [1.165, 1.54) is 17.5 Å². The van der Waals surface area contributed by atoms with Gasteiger partial charge in [-0.05, 0) is 54.1 Å². The predicted molar refractivity (Wildman–Crippen MR) is 106 cm³/mol. The van der Waals surface area contributed by atoms with Crippen molar-refractivity contribution in [2.24, 2.45) is 28.1 Å². The van der Waals surface area contributed by atoms with E-state index in [0.29, 0.717) is 17.6 Å². The van der Waals surface area contributed by atoms with Crippen LogP contribution in [-0.2, 0) is 4.79 Å². The van der Waals surface area contributed by atoms with E-state index >= 15 is 0 Å². The lowest BCUT2D eigenvalue weighted by Gasteiger charge is -2.45. The number of allylic oxidation sites excluding steroid dienone is 2. The maximum Gasteiger partial charge on any atom is 0.166 e. The Morgan fingerprint density at radius 2 is 1.76 bits per heavy atom. The summed E-state index contributed by atoms with van der Waals surface area (Å²) in [6.45, 7) is 16.8. The third-order valence-electron chi connectivity index (χ3n) is 7.68. The molecule has 3 fully saturated rings. The first kappa shape index (κ1) is 18.2. The average Bonchev–Trinajstić information content (AvgIpc) is 2.91. The van der Waals surface area contributed by atoms with Crippen molar-refractivity contribution in [1.82, 2.24) is 0 Å². The Morgan fingerprint density at radius 1 is 1.20 bits per heavy atom. The van der Waals surface area contributed by atoms with Gasteiger partial charge in [-0.3, -0.25) is 4.79 Å². The van der Waals surface area contributed by atoms with Gasteiger partial charge in [0.15, 0.2) is 5.78 Å². The van der Waals surface area contributed by atoms with Crippen molar-refractivity contribution in [3.05, 3.63) is 53.6 Å². The summed E-state index contributed by atoms with van der Waals surface area (Å²) in [4.78, 5) is 13.1. The molecule has 25 heavy (non-hydrogen) atoms. The zero-order valence-electron chi connectivity index (χ0n) is 16.6. The van der Waals surface area contributed by atoms with Gasteiger partial charge >= 0.3 is 0 Å². The molecule has 1 aromatic carbocycles. The molecule has 0 radical (unpaired) electrons. The third kappa shape index (κ3) is 2.05. The molecular formula is C24H32O. The molecule has 4 unspecified atom stereocenters. The minimum atomic E-state index is -0.117. The predicted octanol–water partition coefficient (Wildman–Crippen LogP) is 6.23. The number of hydrogen-bond donors (Lipinski definition) is 0. The highest BCUT2D eigenvalue weighted by atomic mass is 16.1. The number of hydrogen-bond acceptors (Lipinski definition) is 1. The normalized spacial score (nSPS) is 38.2. The summed E-state index contributed by atoms with van der Waals surface area (Å²) >= 11 is 0. The molecule has 4 rings (SSSR count). The van der Waals surface area contributed by atoms with Crippen molar-refractivity contribution < 1.29 is 4.79 Å². The summed E-state index contributed by atoms with van der Waals surface area (Å²) in [5, 5.41) is 0. The van der Waals surface area contributed by atoms with Gasteiger partial charge < -0.3 is 0 Å². The Hall–Kier alpha value is -1.63. The van der Waals surface area contributed by atoms with Crippen LogP contribution in [0.15, 0.2) is 42.5 Å². The number of carbonyl (C=O) groups is 1. The fraction of sp³-hybridized carbons (Fsp3) is 0.542. The van der Waals surface area contributed by atoms with Crippen LogP contribution in [0.3, 0.4) is 0 Å². The van der Waals surface area contributed by atoms with E-state index in [-0.39, 0.29) is 16.2 Å². The summed E-state index contributed by atoms with van der Waals surface area (Å²) in [6.07, 6.45) is 6.34. The number of aryl methyl sites for hydroxylation is 1. The summed E-state index contributed by atoms with van der Waals surface area (Å²) < 4.78 is 0. The molecule has 0 heterocycles. The van der Waals surface area contributed by atoms with Gasteiger partial charge in [-0.1, -0.05) is 70.5 Å². The van der Waals surface area contributed by atoms with Crippen LogP contribution in [0.25, 0.3) is 6.08 Å². The number of rotatable bonds is 2. The highest BCUT2D eigenvalue weighted by molar-refractivity contribution is 6.11. The van der Waals surface area contributed by atoms with Crippen molar-refractivity contribution in [1.29, 1.82) is 0 Å². The summed E-state index contributed by atoms with van der Waals surface area (Å²) in [7, 11) is 0. The lowest BCUT2D eigenvalue weighted by molar-refractivity contribution is -0.120. The zero-order chi connectivity index (χ0) is 18.6. The first-order chi connectivity index (χ1) is 11.7. The van der Waals surface area contributed by atoms with E-state index < -0.39 is 0 Å². The molecule has 0 amide bonds. The summed E-state index contributed by atoms with van der Waals surface area (Å²) in [5.74, 6) is 1.54. The fourth-order valence-corrected chi connectivity index (χ4v) is 5.96. The highest BCUT2D eigenvalue weighted by Gasteiger charge is 2.92. The van der Waals surface area contributed by atoms with Crippen LogP contribution in [0.5, 0.6) is 0 Å². The fourth-order valence-electron chi connectivity index (χ4n) is 5.96. The second kappa shape index (κ2) is 5.69. The largest absolute Gasteiger partial charge is 0.294 e. The molecule has 0 aliphatic heterocycles. The van der Waals surface area contributed by atoms with E-state index in [1.54, 1.807) is 0 Å².